The van der Waals surface area contributed by atoms with Crippen molar-refractivity contribution in [2.45, 2.75) is 25.3 Å². The molecule has 1 atom stereocenters. The molecule has 7 nitrogen and oxygen atoms in total. The van der Waals surface area contributed by atoms with Crippen LogP contribution in [0.4, 0.5) is 0 Å². The maximum atomic E-state index is 12.7. The summed E-state index contributed by atoms with van der Waals surface area (Å²) in [6, 6.07) is 10.4. The molecule has 0 saturated heterocycles. The van der Waals surface area contributed by atoms with Crippen molar-refractivity contribution in [1.82, 2.24) is 15.3 Å². The average molecular weight is 391 g/mol. The van der Waals surface area contributed by atoms with Crippen LogP contribution < -0.4 is 10.1 Å². The monoisotopic (exact) mass is 391 g/mol. The second kappa shape index (κ2) is 7.79. The number of hydrogen-bond acceptors (Lipinski definition) is 4. The van der Waals surface area contributed by atoms with Gasteiger partial charge in [-0.1, -0.05) is 30.3 Å². The van der Waals surface area contributed by atoms with Crippen LogP contribution in [0.25, 0.3) is 17.1 Å². The molecule has 148 valence electrons. The quantitative estimate of drug-likeness (QED) is 0.623. The standard InChI is InChI=1S/C22H21N3O4/c1-29-20-9-8-17-21(25-20)15-12-19(26)24-18(22(27)28)11-14-6-2-4-13(10-14)5-3-7-16(15)23-17/h2-4,6-10,18,23H,5,11-12H2,1H3,(H,24,26)(H,27,28)/t18-/m0/s1. The van der Waals surface area contributed by atoms with Crippen LogP contribution in [0.3, 0.4) is 0 Å². The number of rotatable bonds is 2. The van der Waals surface area contributed by atoms with E-state index in [-0.39, 0.29) is 18.7 Å². The lowest BCUT2D eigenvalue weighted by molar-refractivity contribution is -0.141. The molecular formula is C22H21N3O4. The first-order valence-electron chi connectivity index (χ1n) is 9.35. The number of H-pyrrole nitrogens is 1. The molecule has 0 radical (unpaired) electrons. The Balaban J connectivity index is 1.80. The van der Waals surface area contributed by atoms with Crippen molar-refractivity contribution < 1.29 is 19.4 Å². The minimum Gasteiger partial charge on any atom is -0.481 e. The van der Waals surface area contributed by atoms with Crippen LogP contribution in [0.5, 0.6) is 5.88 Å². The van der Waals surface area contributed by atoms with Crippen molar-refractivity contribution in [3.8, 4) is 5.88 Å². The number of carboxylic acid groups (broad SMARTS) is 1. The van der Waals surface area contributed by atoms with Gasteiger partial charge in [-0.3, -0.25) is 4.79 Å². The topological polar surface area (TPSA) is 104 Å². The number of aromatic amines is 1. The first kappa shape index (κ1) is 18.7. The van der Waals surface area contributed by atoms with Gasteiger partial charge in [0.2, 0.25) is 11.8 Å². The molecule has 0 aliphatic carbocycles. The molecular weight excluding hydrogens is 370 g/mol. The highest BCUT2D eigenvalue weighted by Crippen LogP contribution is 2.25. The third kappa shape index (κ3) is 3.99. The molecule has 1 aromatic carbocycles. The first-order chi connectivity index (χ1) is 14.0. The van der Waals surface area contributed by atoms with Crippen LogP contribution in [0.1, 0.15) is 22.4 Å². The van der Waals surface area contributed by atoms with Crippen LogP contribution in [0.15, 0.2) is 42.5 Å². The highest BCUT2D eigenvalue weighted by molar-refractivity contribution is 5.91. The number of allylic oxidation sites excluding steroid dienone is 1. The van der Waals surface area contributed by atoms with Crippen molar-refractivity contribution >= 4 is 29.0 Å². The van der Waals surface area contributed by atoms with Crippen molar-refractivity contribution in [1.29, 1.82) is 0 Å². The minimum atomic E-state index is -1.06. The van der Waals surface area contributed by atoms with Crippen molar-refractivity contribution in [2.75, 3.05) is 7.11 Å². The van der Waals surface area contributed by atoms with Gasteiger partial charge in [-0.25, -0.2) is 9.78 Å². The predicted molar refractivity (Wildman–Crippen MR) is 109 cm³/mol. The Morgan fingerprint density at radius 1 is 1.24 bits per heavy atom. The highest BCUT2D eigenvalue weighted by Gasteiger charge is 2.23. The Hall–Kier alpha value is -3.61. The zero-order valence-corrected chi connectivity index (χ0v) is 15.9. The summed E-state index contributed by atoms with van der Waals surface area (Å²) in [5, 5.41) is 12.2. The van der Waals surface area contributed by atoms with Crippen LogP contribution in [-0.4, -0.2) is 40.1 Å². The van der Waals surface area contributed by atoms with E-state index in [1.54, 1.807) is 6.07 Å². The number of pyridine rings is 1. The third-order valence-electron chi connectivity index (χ3n) is 5.00. The van der Waals surface area contributed by atoms with Gasteiger partial charge >= 0.3 is 5.97 Å². The molecule has 7 heteroatoms. The number of carbonyl (C=O) groups excluding carboxylic acids is 1. The van der Waals surface area contributed by atoms with E-state index in [9.17, 15) is 14.7 Å². The van der Waals surface area contributed by atoms with E-state index in [1.165, 1.54) is 7.11 Å². The van der Waals surface area contributed by atoms with Crippen molar-refractivity contribution in [3.63, 3.8) is 0 Å². The fourth-order valence-electron chi connectivity index (χ4n) is 3.59. The highest BCUT2D eigenvalue weighted by atomic mass is 16.5. The average Bonchev–Trinajstić information content (AvgIpc) is 3.03. The Labute approximate surface area is 167 Å². The SMILES string of the molecule is COc1ccc2[nH]c3c(c2n1)CC(=O)N[C@H](C(=O)O)Cc1cccc(c1)CC=C3. The summed E-state index contributed by atoms with van der Waals surface area (Å²) < 4.78 is 5.22. The van der Waals surface area contributed by atoms with E-state index >= 15 is 0 Å². The molecule has 1 aliphatic rings. The van der Waals surface area contributed by atoms with E-state index in [4.69, 9.17) is 4.74 Å². The van der Waals surface area contributed by atoms with Gasteiger partial charge in [-0.15, -0.1) is 0 Å². The zero-order valence-electron chi connectivity index (χ0n) is 15.9. The summed E-state index contributed by atoms with van der Waals surface area (Å²) in [6.07, 6.45) is 4.90. The minimum absolute atomic E-state index is 0.0151. The van der Waals surface area contributed by atoms with Crippen LogP contribution in [0.2, 0.25) is 0 Å². The van der Waals surface area contributed by atoms with E-state index in [2.05, 4.69) is 15.3 Å². The van der Waals surface area contributed by atoms with E-state index in [0.717, 1.165) is 22.3 Å². The first-order valence-corrected chi connectivity index (χ1v) is 9.35. The molecule has 3 heterocycles. The predicted octanol–water partition coefficient (Wildman–Crippen LogP) is 2.50. The number of aromatic nitrogens is 2. The molecule has 2 bridgehead atoms. The molecule has 2 aromatic heterocycles. The maximum Gasteiger partial charge on any atom is 0.326 e. The van der Waals surface area contributed by atoms with Gasteiger partial charge in [0.1, 0.15) is 6.04 Å². The second-order valence-electron chi connectivity index (χ2n) is 7.03. The molecule has 0 fully saturated rings. The zero-order chi connectivity index (χ0) is 20.4. The lowest BCUT2D eigenvalue weighted by Crippen LogP contribution is -2.43. The number of amides is 1. The maximum absolute atomic E-state index is 12.7. The molecule has 29 heavy (non-hydrogen) atoms. The van der Waals surface area contributed by atoms with Gasteiger partial charge in [0, 0.05) is 23.7 Å². The van der Waals surface area contributed by atoms with Crippen LogP contribution >= 0.6 is 0 Å². The van der Waals surface area contributed by atoms with Gasteiger partial charge in [0.25, 0.3) is 0 Å². The number of benzene rings is 1. The molecule has 4 rings (SSSR count). The van der Waals surface area contributed by atoms with Crippen molar-refractivity contribution in [3.05, 3.63) is 64.9 Å². The van der Waals surface area contributed by atoms with Gasteiger partial charge in [0.15, 0.2) is 0 Å². The summed E-state index contributed by atoms with van der Waals surface area (Å²) >= 11 is 0. The largest absolute Gasteiger partial charge is 0.481 e. The third-order valence-corrected chi connectivity index (χ3v) is 5.00. The van der Waals surface area contributed by atoms with Gasteiger partial charge in [-0.05, 0) is 29.7 Å². The van der Waals surface area contributed by atoms with Crippen LogP contribution in [-0.2, 0) is 28.9 Å². The number of fused-ring (bicyclic) bond motifs is 5. The molecule has 0 saturated carbocycles. The Kier molecular flexibility index (Phi) is 5.03. The lowest BCUT2D eigenvalue weighted by Gasteiger charge is -2.15. The molecule has 3 aromatic rings. The molecule has 1 aliphatic heterocycles. The summed E-state index contributed by atoms with van der Waals surface area (Å²) in [5.41, 5.74) is 4.86. The smallest absolute Gasteiger partial charge is 0.326 e. The lowest BCUT2D eigenvalue weighted by atomic mass is 10.0. The summed E-state index contributed by atoms with van der Waals surface area (Å²) in [5.74, 6) is -0.977. The van der Waals surface area contributed by atoms with Gasteiger partial charge in [0.05, 0.1) is 24.6 Å². The van der Waals surface area contributed by atoms with E-state index in [1.807, 2.05) is 42.5 Å². The summed E-state index contributed by atoms with van der Waals surface area (Å²) in [7, 11) is 1.54. The number of nitrogens with zero attached hydrogens (tertiary/aromatic N) is 1. The second-order valence-corrected chi connectivity index (χ2v) is 7.03. The number of aliphatic carboxylic acids is 1. The molecule has 0 unspecified atom stereocenters. The molecule has 1 amide bonds. The van der Waals surface area contributed by atoms with Gasteiger partial charge in [-0.2, -0.15) is 0 Å². The van der Waals surface area contributed by atoms with Gasteiger partial charge < -0.3 is 20.1 Å². The van der Waals surface area contributed by atoms with E-state index in [0.29, 0.717) is 23.4 Å². The number of ether oxygens (including phenoxy) is 1. The van der Waals surface area contributed by atoms with Crippen LogP contribution in [0, 0.1) is 0 Å². The number of hydrogen-bond donors (Lipinski definition) is 3. The molecule has 0 spiro atoms. The Bertz CT molecular complexity index is 1120. The Morgan fingerprint density at radius 3 is 2.86 bits per heavy atom. The number of carbonyl (C=O) groups is 2. The normalized spacial score (nSPS) is 16.9. The fourth-order valence-corrected chi connectivity index (χ4v) is 3.59. The number of methoxy groups -OCH3 is 1. The number of nitrogens with one attached hydrogen (secondary N) is 2. The summed E-state index contributed by atoms with van der Waals surface area (Å²) in [6.45, 7) is 0. The Morgan fingerprint density at radius 2 is 2.07 bits per heavy atom. The van der Waals surface area contributed by atoms with Crippen molar-refractivity contribution in [2.24, 2.45) is 0 Å². The summed E-state index contributed by atoms with van der Waals surface area (Å²) in [4.78, 5) is 32.2. The molecule has 3 N–H and O–H groups in total. The number of carboxylic acids is 1. The van der Waals surface area contributed by atoms with E-state index < -0.39 is 12.0 Å². The fraction of sp³-hybridized carbons (Fsp3) is 0.227.